The molecule has 0 heterocycles. The van der Waals surface area contributed by atoms with Crippen molar-refractivity contribution >= 4 is 16.0 Å². The molecule has 0 aromatic heterocycles. The van der Waals surface area contributed by atoms with Crippen LogP contribution >= 0.6 is 0 Å². The Bertz CT molecular complexity index is 556. The van der Waals surface area contributed by atoms with Crippen LogP contribution in [0.5, 0.6) is 5.75 Å². The molecule has 1 atom stereocenters. The van der Waals surface area contributed by atoms with Gasteiger partial charge >= 0.3 is 5.97 Å². The molecule has 0 radical (unpaired) electrons. The van der Waals surface area contributed by atoms with Crippen molar-refractivity contribution in [2.24, 2.45) is 0 Å². The normalized spacial score (nSPS) is 12.7. The molecule has 0 fully saturated rings. The van der Waals surface area contributed by atoms with Gasteiger partial charge in [0.15, 0.2) is 6.61 Å². The number of methoxy groups -OCH3 is 1. The molecule has 2 N–H and O–H groups in total. The number of likely N-dealkylation sites (N-methyl/N-ethyl adjacent to an activating group) is 1. The summed E-state index contributed by atoms with van der Waals surface area (Å²) in [6.45, 7) is 1.94. The predicted octanol–water partition coefficient (Wildman–Crippen LogP) is 0.125. The molecule has 1 aromatic carbocycles. The molecule has 0 amide bonds. The highest BCUT2D eigenvalue weighted by Crippen LogP contribution is 2.15. The van der Waals surface area contributed by atoms with E-state index in [4.69, 9.17) is 4.74 Å². The maximum Gasteiger partial charge on any atom is 0.343 e. The number of carbonyl (C=O) groups excluding carboxylic acids is 1. The first kappa shape index (κ1) is 17.4. The second-order valence-corrected chi connectivity index (χ2v) is 6.14. The summed E-state index contributed by atoms with van der Waals surface area (Å²) in [4.78, 5) is 11.1. The Morgan fingerprint density at radius 2 is 1.90 bits per heavy atom. The van der Waals surface area contributed by atoms with Gasteiger partial charge in [-0.1, -0.05) is 0 Å². The first-order valence-electron chi connectivity index (χ1n) is 6.35. The van der Waals surface area contributed by atoms with Gasteiger partial charge < -0.3 is 14.8 Å². The van der Waals surface area contributed by atoms with Crippen LogP contribution in [-0.4, -0.2) is 47.7 Å². The molecule has 0 saturated carbocycles. The summed E-state index contributed by atoms with van der Waals surface area (Å²) >= 11 is 0. The molecule has 0 aliphatic carbocycles. The third-order valence-electron chi connectivity index (χ3n) is 2.79. The lowest BCUT2D eigenvalue weighted by Gasteiger charge is -2.12. The fourth-order valence-corrected chi connectivity index (χ4v) is 2.47. The number of sulfonamides is 1. The van der Waals surface area contributed by atoms with E-state index in [2.05, 4.69) is 14.8 Å². The lowest BCUT2D eigenvalue weighted by atomic mass is 10.3. The zero-order valence-corrected chi connectivity index (χ0v) is 13.1. The van der Waals surface area contributed by atoms with Gasteiger partial charge in [-0.25, -0.2) is 17.9 Å². The molecule has 1 aromatic rings. The molecule has 0 bridgehead atoms. The van der Waals surface area contributed by atoms with Crippen molar-refractivity contribution in [2.75, 3.05) is 27.3 Å². The smallest absolute Gasteiger partial charge is 0.343 e. The Balaban J connectivity index is 2.66. The van der Waals surface area contributed by atoms with Crippen molar-refractivity contribution in [1.82, 2.24) is 10.0 Å². The highest BCUT2D eigenvalue weighted by atomic mass is 32.2. The fourth-order valence-electron chi connectivity index (χ4n) is 1.34. The summed E-state index contributed by atoms with van der Waals surface area (Å²) in [6.07, 6.45) is 0. The number of carbonyl (C=O) groups is 1. The average Bonchev–Trinajstić information content (AvgIpc) is 2.50. The Hall–Kier alpha value is -1.64. The summed E-state index contributed by atoms with van der Waals surface area (Å²) in [5.41, 5.74) is 0. The molecule has 21 heavy (non-hydrogen) atoms. The Morgan fingerprint density at radius 3 is 2.43 bits per heavy atom. The van der Waals surface area contributed by atoms with Crippen LogP contribution in [0.1, 0.15) is 6.92 Å². The second kappa shape index (κ2) is 7.96. The van der Waals surface area contributed by atoms with E-state index >= 15 is 0 Å². The van der Waals surface area contributed by atoms with Gasteiger partial charge in [0.2, 0.25) is 10.0 Å². The van der Waals surface area contributed by atoms with Gasteiger partial charge in [0, 0.05) is 12.6 Å². The molecule has 118 valence electrons. The van der Waals surface area contributed by atoms with Gasteiger partial charge in [-0.2, -0.15) is 0 Å². The van der Waals surface area contributed by atoms with E-state index in [0.29, 0.717) is 12.3 Å². The van der Waals surface area contributed by atoms with Crippen LogP contribution in [0.15, 0.2) is 29.2 Å². The summed E-state index contributed by atoms with van der Waals surface area (Å²) in [5.74, 6) is -0.114. The van der Waals surface area contributed by atoms with E-state index < -0.39 is 16.0 Å². The van der Waals surface area contributed by atoms with Crippen molar-refractivity contribution < 1.29 is 22.7 Å². The number of benzene rings is 1. The van der Waals surface area contributed by atoms with Crippen molar-refractivity contribution in [2.45, 2.75) is 17.9 Å². The molecule has 1 rings (SSSR count). The standard InChI is InChI=1S/C13H20N2O5S/c1-10(14-2)8-15-21(17,18)12-6-4-11(5-7-12)20-9-13(16)19-3/h4-7,10,14-15H,8-9H2,1-3H3. The van der Waals surface area contributed by atoms with E-state index in [-0.39, 0.29) is 17.5 Å². The van der Waals surface area contributed by atoms with Gasteiger partial charge in [-0.05, 0) is 38.2 Å². The zero-order chi connectivity index (χ0) is 15.9. The Morgan fingerprint density at radius 1 is 1.29 bits per heavy atom. The van der Waals surface area contributed by atoms with Gasteiger partial charge in [-0.15, -0.1) is 0 Å². The van der Waals surface area contributed by atoms with Crippen LogP contribution in [0.25, 0.3) is 0 Å². The largest absolute Gasteiger partial charge is 0.482 e. The van der Waals surface area contributed by atoms with Crippen LogP contribution in [-0.2, 0) is 19.6 Å². The second-order valence-electron chi connectivity index (χ2n) is 4.38. The number of hydrogen-bond acceptors (Lipinski definition) is 6. The van der Waals surface area contributed by atoms with Gasteiger partial charge in [0.05, 0.1) is 12.0 Å². The van der Waals surface area contributed by atoms with Crippen LogP contribution in [0.4, 0.5) is 0 Å². The third-order valence-corrected chi connectivity index (χ3v) is 4.23. The van der Waals surface area contributed by atoms with Crippen LogP contribution in [0.2, 0.25) is 0 Å². The van der Waals surface area contributed by atoms with Gasteiger partial charge in [0.25, 0.3) is 0 Å². The first-order chi connectivity index (χ1) is 9.89. The fraction of sp³-hybridized carbons (Fsp3) is 0.462. The minimum Gasteiger partial charge on any atom is -0.482 e. The lowest BCUT2D eigenvalue weighted by Crippen LogP contribution is -2.37. The summed E-state index contributed by atoms with van der Waals surface area (Å²) in [5, 5.41) is 2.94. The summed E-state index contributed by atoms with van der Waals surface area (Å²) in [6, 6.07) is 5.83. The molecule has 0 saturated heterocycles. The highest BCUT2D eigenvalue weighted by Gasteiger charge is 2.14. The highest BCUT2D eigenvalue weighted by molar-refractivity contribution is 7.89. The maximum absolute atomic E-state index is 12.0. The Kier molecular flexibility index (Phi) is 6.60. The van der Waals surface area contributed by atoms with Crippen LogP contribution in [0, 0.1) is 0 Å². The maximum atomic E-state index is 12.0. The number of hydrogen-bond donors (Lipinski definition) is 2. The number of esters is 1. The molecule has 0 spiro atoms. The van der Waals surface area contributed by atoms with Crippen molar-refractivity contribution in [3.05, 3.63) is 24.3 Å². The molecule has 0 aliphatic rings. The summed E-state index contributed by atoms with van der Waals surface area (Å²) < 4.78 is 36.1. The van der Waals surface area contributed by atoms with Crippen molar-refractivity contribution in [3.63, 3.8) is 0 Å². The molecule has 7 nitrogen and oxygen atoms in total. The molecule has 1 unspecified atom stereocenters. The first-order valence-corrected chi connectivity index (χ1v) is 7.84. The minimum atomic E-state index is -3.56. The number of ether oxygens (including phenoxy) is 2. The van der Waals surface area contributed by atoms with E-state index in [1.807, 2.05) is 6.92 Å². The van der Waals surface area contributed by atoms with Gasteiger partial charge in [0.1, 0.15) is 5.75 Å². The molecular weight excluding hydrogens is 296 g/mol. The minimum absolute atomic E-state index is 0.0300. The summed E-state index contributed by atoms with van der Waals surface area (Å²) in [7, 11) is -0.536. The third kappa shape index (κ3) is 5.70. The van der Waals surface area contributed by atoms with Gasteiger partial charge in [-0.3, -0.25) is 0 Å². The van der Waals surface area contributed by atoms with Crippen molar-refractivity contribution in [3.8, 4) is 5.75 Å². The van der Waals surface area contributed by atoms with E-state index in [0.717, 1.165) is 0 Å². The van der Waals surface area contributed by atoms with E-state index in [1.54, 1.807) is 7.05 Å². The number of rotatable bonds is 8. The quantitative estimate of drug-likeness (QED) is 0.662. The predicted molar refractivity (Wildman–Crippen MR) is 77.7 cm³/mol. The van der Waals surface area contributed by atoms with Crippen molar-refractivity contribution in [1.29, 1.82) is 0 Å². The van der Waals surface area contributed by atoms with E-state index in [1.165, 1.54) is 31.4 Å². The zero-order valence-electron chi connectivity index (χ0n) is 12.3. The lowest BCUT2D eigenvalue weighted by molar-refractivity contribution is -0.142. The van der Waals surface area contributed by atoms with Crippen LogP contribution in [0.3, 0.4) is 0 Å². The average molecular weight is 316 g/mol. The number of nitrogens with one attached hydrogen (secondary N) is 2. The molecule has 8 heteroatoms. The Labute approximate surface area is 124 Å². The van der Waals surface area contributed by atoms with E-state index in [9.17, 15) is 13.2 Å². The molecule has 0 aliphatic heterocycles. The SMILES string of the molecule is CNC(C)CNS(=O)(=O)c1ccc(OCC(=O)OC)cc1. The molecular formula is C13H20N2O5S. The monoisotopic (exact) mass is 316 g/mol. The topological polar surface area (TPSA) is 93.7 Å². The van der Waals surface area contributed by atoms with Crippen LogP contribution < -0.4 is 14.8 Å².